The van der Waals surface area contributed by atoms with Crippen molar-refractivity contribution >= 4 is 40.1 Å². The normalized spacial score (nSPS) is 24.8. The summed E-state index contributed by atoms with van der Waals surface area (Å²) in [6.45, 7) is 80.3. The van der Waals surface area contributed by atoms with Crippen molar-refractivity contribution in [1.29, 1.82) is 5.26 Å². The zero-order valence-electron chi connectivity index (χ0n) is 74.6. The van der Waals surface area contributed by atoms with E-state index in [1.807, 2.05) is 31.2 Å². The summed E-state index contributed by atoms with van der Waals surface area (Å²) in [5.74, 6) is 1.30. The minimum Gasteiger partial charge on any atom is -0.427 e. The minimum atomic E-state index is -1.12. The van der Waals surface area contributed by atoms with Crippen LogP contribution in [-0.2, 0) is 41.0 Å². The number of hydrogen-bond donors (Lipinski definition) is 0. The van der Waals surface area contributed by atoms with Gasteiger partial charge in [0.05, 0.1) is 55.7 Å². The van der Waals surface area contributed by atoms with Crippen LogP contribution in [0.5, 0.6) is 5.75 Å². The van der Waals surface area contributed by atoms with Gasteiger partial charge in [-0.15, -0.1) is 0 Å². The molecule has 0 amide bonds. The zero-order valence-corrected chi connectivity index (χ0v) is 78.1. The summed E-state index contributed by atoms with van der Waals surface area (Å²) >= 11 is 0. The SMILES string of the molecule is CC(C)CCCCCCOP(OCCC#N)N(C(C)C)C(C)C.CCCOP(OC12CC(C(C)(C)C)(C1)C2)N(C(C)C)C(C)C.CCCOP(OC12CC(C)(C1)C2)N(C(C)C)C(C)C.Cc1ccc(OC(=O)CCCC(C)(C)C)cc1.[C-]#[N+]CCOP(OC12CCC(C(C)(C)C)(CC1)CC2)N(C(C)C)C(C)C. The highest BCUT2D eigenvalue weighted by atomic mass is 31.2. The first kappa shape index (κ1) is 100. The van der Waals surface area contributed by atoms with E-state index in [4.69, 9.17) is 52.8 Å². The summed E-state index contributed by atoms with van der Waals surface area (Å²) in [6, 6.07) is 13.0. The van der Waals surface area contributed by atoms with Crippen molar-refractivity contribution in [2.75, 3.05) is 39.6 Å². The lowest BCUT2D eigenvalue weighted by molar-refractivity contribution is -0.288. The maximum absolute atomic E-state index is 11.6. The number of carbonyl (C=O) groups excluding carboxylic acids is 1. The summed E-state index contributed by atoms with van der Waals surface area (Å²) in [4.78, 5) is 15.0. The van der Waals surface area contributed by atoms with Crippen molar-refractivity contribution in [2.45, 2.75) is 427 Å². The molecule has 0 heterocycles. The first-order valence-corrected chi connectivity index (χ1v) is 46.7. The van der Waals surface area contributed by atoms with Gasteiger partial charge in [0, 0.05) is 54.8 Å². The van der Waals surface area contributed by atoms with Gasteiger partial charge >= 0.3 is 5.97 Å². The van der Waals surface area contributed by atoms with Crippen LogP contribution in [0.1, 0.15) is 361 Å². The molecule has 0 N–H and O–H groups in total. The molecule has 0 aromatic heterocycles. The molecule has 16 nitrogen and oxygen atoms in total. The van der Waals surface area contributed by atoms with Gasteiger partial charge in [-0.3, -0.25) is 4.79 Å². The number of ether oxygens (including phenoxy) is 1. The lowest BCUT2D eigenvalue weighted by Crippen LogP contribution is -2.72. The van der Waals surface area contributed by atoms with Crippen LogP contribution < -0.4 is 4.74 Å². The van der Waals surface area contributed by atoms with Gasteiger partial charge in [0.2, 0.25) is 6.54 Å². The molecule has 4 unspecified atom stereocenters. The number of aryl methyl sites for hydroxylation is 1. The predicted molar refractivity (Wildman–Crippen MR) is 455 cm³/mol. The van der Waals surface area contributed by atoms with Crippen LogP contribution in [-0.4, -0.2) is 129 Å². The topological polar surface area (TPSA) is 141 Å². The van der Waals surface area contributed by atoms with E-state index in [-0.39, 0.29) is 28.2 Å². The Balaban J connectivity index is 0.000000349. The second-order valence-corrected chi connectivity index (χ2v) is 44.3. The highest BCUT2D eigenvalue weighted by Crippen LogP contribution is 2.78. The van der Waals surface area contributed by atoms with Crippen LogP contribution in [0.15, 0.2) is 24.3 Å². The maximum Gasteiger partial charge on any atom is 0.311 e. The minimum absolute atomic E-state index is 0.0150. The van der Waals surface area contributed by atoms with Gasteiger partial charge in [-0.2, -0.15) is 5.26 Å². The van der Waals surface area contributed by atoms with Gasteiger partial charge in [-0.05, 0) is 277 Å². The number of nitrogens with zero attached hydrogens (tertiary/aromatic N) is 6. The fourth-order valence-electron chi connectivity index (χ4n) is 16.6. The van der Waals surface area contributed by atoms with E-state index in [1.165, 1.54) is 83.5 Å². The molecule has 1 aromatic carbocycles. The zero-order chi connectivity index (χ0) is 81.2. The molecular formula is C87H164N6O10P4. The molecule has 9 aliphatic rings. The second-order valence-electron chi connectivity index (χ2n) is 38.7. The monoisotopic (exact) mass is 1580 g/mol. The molecule has 4 atom stereocenters. The summed E-state index contributed by atoms with van der Waals surface area (Å²) in [7, 11) is -4.03. The Bertz CT molecular complexity index is 2640. The van der Waals surface area contributed by atoms with E-state index in [2.05, 4.69) is 237 Å². The average molecular weight is 1580 g/mol. The van der Waals surface area contributed by atoms with Gasteiger partial charge in [0.25, 0.3) is 34.1 Å². The third-order valence-corrected chi connectivity index (χ3v) is 31.3. The fourth-order valence-corrected chi connectivity index (χ4v) is 23.9. The fraction of sp³-hybridized carbons (Fsp3) is 0.897. The molecule has 0 aliphatic heterocycles. The lowest BCUT2D eigenvalue weighted by atomic mass is 9.34. The van der Waals surface area contributed by atoms with Gasteiger partial charge in [0.1, 0.15) is 12.4 Å². The van der Waals surface area contributed by atoms with Crippen molar-refractivity contribution in [2.24, 2.45) is 38.4 Å². The molecule has 9 fully saturated rings. The van der Waals surface area contributed by atoms with Crippen LogP contribution in [0.4, 0.5) is 0 Å². The van der Waals surface area contributed by atoms with Gasteiger partial charge in [-0.1, -0.05) is 140 Å². The molecule has 6 bridgehead atoms. The molecule has 10 rings (SSSR count). The third-order valence-electron chi connectivity index (χ3n) is 22.5. The average Bonchev–Trinajstić information content (AvgIpc) is 0.672. The molecule has 9 aliphatic carbocycles. The van der Waals surface area contributed by atoms with Gasteiger partial charge in [-0.25, -0.2) is 25.3 Å². The van der Waals surface area contributed by atoms with E-state index in [0.29, 0.717) is 114 Å². The van der Waals surface area contributed by atoms with E-state index in [0.717, 1.165) is 82.7 Å². The molecule has 9 saturated carbocycles. The number of hydrogen-bond acceptors (Lipinski definition) is 15. The number of carbonyl (C=O) groups is 1. The molecule has 0 saturated heterocycles. The molecule has 1 aromatic rings. The Kier molecular flexibility index (Phi) is 43.0. The Hall–Kier alpha value is -1.09. The quantitative estimate of drug-likeness (QED) is 0.0201. The van der Waals surface area contributed by atoms with Crippen LogP contribution in [0.2, 0.25) is 0 Å². The number of rotatable bonds is 42. The lowest BCUT2D eigenvalue weighted by Gasteiger charge is -2.75. The van der Waals surface area contributed by atoms with E-state index in [9.17, 15) is 4.79 Å². The number of unbranched alkanes of at least 4 members (excludes halogenated alkanes) is 3. The number of benzene rings is 1. The Labute approximate surface area is 664 Å². The van der Waals surface area contributed by atoms with Crippen LogP contribution in [0.25, 0.3) is 4.85 Å². The van der Waals surface area contributed by atoms with Crippen molar-refractivity contribution in [3.63, 3.8) is 0 Å². The summed E-state index contributed by atoms with van der Waals surface area (Å²) in [5.41, 5.74) is 4.10. The summed E-state index contributed by atoms with van der Waals surface area (Å²) in [5, 5.41) is 8.69. The second kappa shape index (κ2) is 46.0. The number of fused-ring (bicyclic) bond motifs is 3. The van der Waals surface area contributed by atoms with Crippen molar-refractivity contribution < 1.29 is 45.7 Å². The van der Waals surface area contributed by atoms with E-state index >= 15 is 0 Å². The van der Waals surface area contributed by atoms with E-state index in [1.54, 1.807) is 0 Å². The molecule has 0 radical (unpaired) electrons. The maximum atomic E-state index is 11.6. The van der Waals surface area contributed by atoms with Crippen molar-refractivity contribution in [3.05, 3.63) is 41.2 Å². The van der Waals surface area contributed by atoms with E-state index < -0.39 is 34.1 Å². The standard InChI is InChI=1S/C21H39N2O2P.C18H37N2O2P.C18H36NO2P.C15H30NO2P.C15H22O2/c1-17(2)23(18(3)4)26(24-16-15-22-8)25-21-12-9-20(10-13-21,11-14-21)19(5,6)7;1-16(2)12-9-7-8-10-14-21-23(22-15-11-13-19)20(17(3)4)18(5)6;1-9-10-20-22(19(14(2)3)15(4)5)21-18-11-17(12-18,13-18)16(6,7)8;1-7-8-17-19(16(12(2)3)13(4)5)18-15-9-14(6,10-15)11-15;1-12-7-9-13(10-8-12)17-14(16)6-5-11-15(2,3)4/h17-18H,9-16H2,1-7H3;16-18H,7-12,14-15H2,1-6H3;14-15H,9-13H2,1-8H3;12-13H,7-11H2,1-6H3;7-10H,5-6,11H2,1-4H3. The highest BCUT2D eigenvalue weighted by Gasteiger charge is 2.74. The van der Waals surface area contributed by atoms with Crippen molar-refractivity contribution in [1.82, 2.24) is 18.7 Å². The van der Waals surface area contributed by atoms with Crippen LogP contribution >= 0.6 is 34.1 Å². The molecule has 20 heteroatoms. The summed E-state index contributed by atoms with van der Waals surface area (Å²) < 4.78 is 65.0. The van der Waals surface area contributed by atoms with Gasteiger partial charge in [0.15, 0.2) is 0 Å². The highest BCUT2D eigenvalue weighted by molar-refractivity contribution is 7.45. The number of esters is 1. The van der Waals surface area contributed by atoms with Gasteiger partial charge < -0.3 is 45.8 Å². The Morgan fingerprint density at radius 3 is 1.23 bits per heavy atom. The molecule has 622 valence electrons. The first-order chi connectivity index (χ1) is 49.7. The Morgan fingerprint density at radius 2 is 0.869 bits per heavy atom. The summed E-state index contributed by atoms with van der Waals surface area (Å²) in [6.07, 6.45) is 25.8. The smallest absolute Gasteiger partial charge is 0.311 e. The molecule has 107 heavy (non-hydrogen) atoms. The predicted octanol–water partition coefficient (Wildman–Crippen LogP) is 26.9. The third kappa shape index (κ3) is 32.1. The van der Waals surface area contributed by atoms with Crippen molar-refractivity contribution in [3.8, 4) is 11.8 Å². The van der Waals surface area contributed by atoms with Crippen LogP contribution in [0, 0.1) is 63.2 Å². The molecular weight excluding hydrogens is 1410 g/mol. The molecule has 0 spiro atoms. The number of nitriles is 1. The largest absolute Gasteiger partial charge is 0.427 e. The Morgan fingerprint density at radius 1 is 0.495 bits per heavy atom. The first-order valence-electron chi connectivity index (χ1n) is 42.2. The van der Waals surface area contributed by atoms with Crippen LogP contribution in [0.3, 0.4) is 0 Å².